The molecule has 0 aromatic carbocycles. The standard InChI is InChI=1S/C8H12N2O.2C2H6.H2/c1-2-10-8(11)7-4-3-5-9-6-7;2*1-2;/h3-4,6,9H,2,5H2,1H3,(H,10,11);2*1-2H3;1H. The fourth-order valence-corrected chi connectivity index (χ4v) is 0.875. The monoisotopic (exact) mass is 214 g/mol. The predicted octanol–water partition coefficient (Wildman–Crippen LogP) is 2.46. The van der Waals surface area contributed by atoms with E-state index in [1.54, 1.807) is 6.20 Å². The van der Waals surface area contributed by atoms with Gasteiger partial charge in [-0.15, -0.1) is 0 Å². The van der Waals surface area contributed by atoms with Gasteiger partial charge in [0.25, 0.3) is 5.91 Å². The normalized spacial score (nSPS) is 11.9. The van der Waals surface area contributed by atoms with E-state index in [-0.39, 0.29) is 7.33 Å². The second kappa shape index (κ2) is 12.8. The Morgan fingerprint density at radius 3 is 2.47 bits per heavy atom. The first-order chi connectivity index (χ1) is 7.34. The van der Waals surface area contributed by atoms with Crippen LogP contribution < -0.4 is 10.6 Å². The summed E-state index contributed by atoms with van der Waals surface area (Å²) >= 11 is 0. The molecule has 3 heteroatoms. The Hall–Kier alpha value is -1.25. The quantitative estimate of drug-likeness (QED) is 0.741. The van der Waals surface area contributed by atoms with Gasteiger partial charge in [0, 0.05) is 20.7 Å². The topological polar surface area (TPSA) is 41.1 Å². The molecule has 1 rings (SSSR count). The zero-order chi connectivity index (χ0) is 12.1. The minimum Gasteiger partial charge on any atom is -0.387 e. The van der Waals surface area contributed by atoms with Crippen LogP contribution >= 0.6 is 0 Å². The molecule has 1 aliphatic heterocycles. The Morgan fingerprint density at radius 1 is 1.47 bits per heavy atom. The average Bonchev–Trinajstić information content (AvgIpc) is 2.36. The van der Waals surface area contributed by atoms with Gasteiger partial charge >= 0.3 is 0 Å². The summed E-state index contributed by atoms with van der Waals surface area (Å²) in [5.74, 6) is -0.0176. The molecule has 0 unspecified atom stereocenters. The lowest BCUT2D eigenvalue weighted by Crippen LogP contribution is -2.26. The summed E-state index contributed by atoms with van der Waals surface area (Å²) in [4.78, 5) is 11.1. The molecule has 0 saturated heterocycles. The third-order valence-corrected chi connectivity index (χ3v) is 1.39. The lowest BCUT2D eigenvalue weighted by molar-refractivity contribution is -0.117. The zero-order valence-electron chi connectivity index (χ0n) is 10.6. The second-order valence-corrected chi connectivity index (χ2v) is 2.27. The van der Waals surface area contributed by atoms with Crippen LogP contribution in [0.4, 0.5) is 0 Å². The molecular formula is C12H26N2O. The summed E-state index contributed by atoms with van der Waals surface area (Å²) in [5.41, 5.74) is 0.693. The van der Waals surface area contributed by atoms with Crippen LogP contribution in [-0.4, -0.2) is 19.0 Å². The fourth-order valence-electron chi connectivity index (χ4n) is 0.875. The highest BCUT2D eigenvalue weighted by Crippen LogP contribution is 1.98. The fraction of sp³-hybridized carbons (Fsp3) is 0.583. The number of amides is 1. The lowest BCUT2D eigenvalue weighted by atomic mass is 10.2. The molecule has 0 fully saturated rings. The molecule has 0 radical (unpaired) electrons. The summed E-state index contributed by atoms with van der Waals surface area (Å²) in [7, 11) is 0. The first kappa shape index (κ1) is 16.2. The van der Waals surface area contributed by atoms with Crippen LogP contribution in [0.25, 0.3) is 0 Å². The molecule has 0 atom stereocenters. The third kappa shape index (κ3) is 7.79. The molecule has 15 heavy (non-hydrogen) atoms. The van der Waals surface area contributed by atoms with E-state index in [2.05, 4.69) is 10.6 Å². The molecule has 2 N–H and O–H groups in total. The number of likely N-dealkylation sites (N-methyl/N-ethyl adjacent to an activating group) is 1. The van der Waals surface area contributed by atoms with Crippen LogP contribution in [0.2, 0.25) is 0 Å². The van der Waals surface area contributed by atoms with Gasteiger partial charge in [0.05, 0.1) is 5.57 Å². The number of hydrogen-bond acceptors (Lipinski definition) is 2. The van der Waals surface area contributed by atoms with Crippen molar-refractivity contribution in [2.45, 2.75) is 34.6 Å². The maximum Gasteiger partial charge on any atom is 0.252 e. The van der Waals surface area contributed by atoms with Gasteiger partial charge in [-0.05, 0) is 6.92 Å². The van der Waals surface area contributed by atoms with E-state index in [9.17, 15) is 4.79 Å². The minimum atomic E-state index is -0.0176. The van der Waals surface area contributed by atoms with E-state index >= 15 is 0 Å². The number of carbonyl (C=O) groups excluding carboxylic acids is 1. The lowest BCUT2D eigenvalue weighted by Gasteiger charge is -2.07. The van der Waals surface area contributed by atoms with Gasteiger partial charge < -0.3 is 10.6 Å². The van der Waals surface area contributed by atoms with Crippen LogP contribution in [-0.2, 0) is 4.79 Å². The summed E-state index contributed by atoms with van der Waals surface area (Å²) < 4.78 is 0. The van der Waals surface area contributed by atoms with Crippen molar-refractivity contribution in [2.24, 2.45) is 0 Å². The summed E-state index contributed by atoms with van der Waals surface area (Å²) in [5, 5.41) is 5.68. The molecule has 0 aromatic heterocycles. The van der Waals surface area contributed by atoms with Crippen molar-refractivity contribution < 1.29 is 6.22 Å². The summed E-state index contributed by atoms with van der Waals surface area (Å²) in [6.07, 6.45) is 5.47. The van der Waals surface area contributed by atoms with Gasteiger partial charge in [-0.1, -0.05) is 39.8 Å². The third-order valence-electron chi connectivity index (χ3n) is 1.39. The first-order valence-electron chi connectivity index (χ1n) is 5.73. The highest BCUT2D eigenvalue weighted by Gasteiger charge is 2.05. The molecule has 0 bridgehead atoms. The SMILES string of the molecule is CC.CC.CCNC(=O)C1=CNCC=C1.[HH]. The smallest absolute Gasteiger partial charge is 0.252 e. The predicted molar refractivity (Wildman–Crippen MR) is 68.7 cm³/mol. The van der Waals surface area contributed by atoms with E-state index in [4.69, 9.17) is 0 Å². The highest BCUT2D eigenvalue weighted by atomic mass is 16.1. The van der Waals surface area contributed by atoms with Crippen molar-refractivity contribution in [3.05, 3.63) is 23.9 Å². The van der Waals surface area contributed by atoms with Crippen molar-refractivity contribution in [2.75, 3.05) is 13.1 Å². The Bertz CT molecular complexity index is 213. The number of hydrogen-bond donors (Lipinski definition) is 2. The highest BCUT2D eigenvalue weighted by molar-refractivity contribution is 5.96. The van der Waals surface area contributed by atoms with Crippen molar-refractivity contribution in [1.29, 1.82) is 0 Å². The molecule has 90 valence electrons. The van der Waals surface area contributed by atoms with E-state index in [1.165, 1.54) is 0 Å². The number of carbonyl (C=O) groups is 1. The maximum absolute atomic E-state index is 11.1. The molecule has 0 saturated carbocycles. The average molecular weight is 214 g/mol. The molecule has 0 aromatic rings. The van der Waals surface area contributed by atoms with Crippen LogP contribution in [0.3, 0.4) is 0 Å². The Labute approximate surface area is 95.1 Å². The molecule has 1 heterocycles. The maximum atomic E-state index is 11.1. The number of dihydropyridines is 1. The Balaban J connectivity index is -0.000000305. The van der Waals surface area contributed by atoms with Gasteiger partial charge in [0.1, 0.15) is 0 Å². The molecule has 1 amide bonds. The summed E-state index contributed by atoms with van der Waals surface area (Å²) in [6, 6.07) is 0. The molecule has 0 aliphatic carbocycles. The second-order valence-electron chi connectivity index (χ2n) is 2.27. The minimum absolute atomic E-state index is 0. The van der Waals surface area contributed by atoms with Crippen molar-refractivity contribution in [1.82, 2.24) is 10.6 Å². The Morgan fingerprint density at radius 2 is 2.07 bits per heavy atom. The van der Waals surface area contributed by atoms with Gasteiger partial charge in [-0.3, -0.25) is 4.79 Å². The van der Waals surface area contributed by atoms with Gasteiger partial charge in [0.15, 0.2) is 0 Å². The largest absolute Gasteiger partial charge is 0.387 e. The van der Waals surface area contributed by atoms with E-state index < -0.39 is 0 Å². The van der Waals surface area contributed by atoms with E-state index in [0.717, 1.165) is 6.54 Å². The van der Waals surface area contributed by atoms with Crippen LogP contribution in [0.5, 0.6) is 0 Å². The molecule has 3 nitrogen and oxygen atoms in total. The van der Waals surface area contributed by atoms with Crippen LogP contribution in [0.15, 0.2) is 23.9 Å². The molecular weight excluding hydrogens is 188 g/mol. The molecule has 1 aliphatic rings. The number of nitrogens with one attached hydrogen (secondary N) is 2. The van der Waals surface area contributed by atoms with Crippen LogP contribution in [0.1, 0.15) is 36.0 Å². The Kier molecular flexibility index (Phi) is 13.8. The van der Waals surface area contributed by atoms with Gasteiger partial charge in [-0.2, -0.15) is 0 Å². The van der Waals surface area contributed by atoms with E-state index in [0.29, 0.717) is 12.1 Å². The van der Waals surface area contributed by atoms with Crippen LogP contribution in [0, 0.1) is 0 Å². The van der Waals surface area contributed by atoms with Gasteiger partial charge in [0.2, 0.25) is 0 Å². The zero-order valence-corrected chi connectivity index (χ0v) is 10.6. The first-order valence-corrected chi connectivity index (χ1v) is 5.73. The van der Waals surface area contributed by atoms with Crippen molar-refractivity contribution in [3.63, 3.8) is 0 Å². The van der Waals surface area contributed by atoms with Crippen molar-refractivity contribution in [3.8, 4) is 0 Å². The summed E-state index contributed by atoms with van der Waals surface area (Å²) in [6.45, 7) is 11.4. The van der Waals surface area contributed by atoms with E-state index in [1.807, 2.05) is 46.8 Å². The molecule has 0 spiro atoms. The van der Waals surface area contributed by atoms with Crippen molar-refractivity contribution >= 4 is 5.91 Å². The number of rotatable bonds is 2. The van der Waals surface area contributed by atoms with Gasteiger partial charge in [-0.25, -0.2) is 0 Å².